The highest BCUT2D eigenvalue weighted by Gasteiger charge is 2.06. The van der Waals surface area contributed by atoms with E-state index in [4.69, 9.17) is 0 Å². The van der Waals surface area contributed by atoms with E-state index in [1.165, 1.54) is 0 Å². The summed E-state index contributed by atoms with van der Waals surface area (Å²) < 4.78 is 1.02. The van der Waals surface area contributed by atoms with Crippen molar-refractivity contribution in [1.29, 1.82) is 0 Å². The molecule has 0 saturated carbocycles. The van der Waals surface area contributed by atoms with E-state index in [9.17, 15) is 0 Å². The van der Waals surface area contributed by atoms with E-state index in [1.54, 1.807) is 6.33 Å². The van der Waals surface area contributed by atoms with Crippen LogP contribution >= 0.6 is 15.9 Å². The first kappa shape index (κ1) is 15.5. The Hall–Kier alpha value is -2.40. The fourth-order valence-electron chi connectivity index (χ4n) is 2.23. The van der Waals surface area contributed by atoms with Crippen LogP contribution in [0.25, 0.3) is 10.9 Å². The van der Waals surface area contributed by atoms with Gasteiger partial charge in [-0.25, -0.2) is 9.97 Å². The molecule has 23 heavy (non-hydrogen) atoms. The highest BCUT2D eigenvalue weighted by atomic mass is 79.9. The summed E-state index contributed by atoms with van der Waals surface area (Å²) in [4.78, 5) is 8.72. The monoisotopic (exact) mass is 368 g/mol. The fourth-order valence-corrected chi connectivity index (χ4v) is 2.63. The molecular formula is C18H17BrN4. The summed E-state index contributed by atoms with van der Waals surface area (Å²) in [5.41, 5.74) is 3.82. The highest BCUT2D eigenvalue weighted by Crippen LogP contribution is 2.27. The molecule has 0 radical (unpaired) electrons. The molecule has 1 aromatic heterocycles. The average Bonchev–Trinajstić information content (AvgIpc) is 2.55. The van der Waals surface area contributed by atoms with Crippen molar-refractivity contribution in [1.82, 2.24) is 9.97 Å². The SMILES string of the molecule is C=C(CC)Nc1ccc2ncnc(Nc3cccc(Br)c3)c2c1. The Labute approximate surface area is 143 Å². The van der Waals surface area contributed by atoms with E-state index in [1.807, 2.05) is 42.5 Å². The van der Waals surface area contributed by atoms with Crippen LogP contribution in [0.4, 0.5) is 17.2 Å². The lowest BCUT2D eigenvalue weighted by Crippen LogP contribution is -1.99. The molecule has 116 valence electrons. The zero-order valence-electron chi connectivity index (χ0n) is 12.8. The molecule has 2 aromatic carbocycles. The molecule has 3 rings (SSSR count). The first-order chi connectivity index (χ1) is 11.2. The smallest absolute Gasteiger partial charge is 0.141 e. The number of hydrogen-bond acceptors (Lipinski definition) is 4. The van der Waals surface area contributed by atoms with Gasteiger partial charge in [-0.2, -0.15) is 0 Å². The summed E-state index contributed by atoms with van der Waals surface area (Å²) in [6.07, 6.45) is 2.45. The molecule has 0 aliphatic heterocycles. The topological polar surface area (TPSA) is 49.8 Å². The Morgan fingerprint density at radius 3 is 2.78 bits per heavy atom. The van der Waals surface area contributed by atoms with Crippen molar-refractivity contribution in [2.75, 3.05) is 10.6 Å². The molecule has 0 spiro atoms. The van der Waals surface area contributed by atoms with Gasteiger partial charge in [-0.05, 0) is 42.8 Å². The number of nitrogens with zero attached hydrogens (tertiary/aromatic N) is 2. The van der Waals surface area contributed by atoms with Gasteiger partial charge in [-0.3, -0.25) is 0 Å². The fraction of sp³-hybridized carbons (Fsp3) is 0.111. The van der Waals surface area contributed by atoms with E-state index < -0.39 is 0 Å². The van der Waals surface area contributed by atoms with Gasteiger partial charge in [0, 0.05) is 26.9 Å². The zero-order chi connectivity index (χ0) is 16.2. The normalized spacial score (nSPS) is 10.5. The molecule has 1 heterocycles. The number of rotatable bonds is 5. The average molecular weight is 369 g/mol. The summed E-state index contributed by atoms with van der Waals surface area (Å²) in [5, 5.41) is 7.61. The van der Waals surface area contributed by atoms with Crippen molar-refractivity contribution in [2.45, 2.75) is 13.3 Å². The maximum Gasteiger partial charge on any atom is 0.141 e. The van der Waals surface area contributed by atoms with Crippen molar-refractivity contribution in [2.24, 2.45) is 0 Å². The number of anilines is 3. The van der Waals surface area contributed by atoms with Crippen molar-refractivity contribution in [3.05, 3.63) is 65.5 Å². The maximum absolute atomic E-state index is 4.38. The minimum Gasteiger partial charge on any atom is -0.359 e. The Kier molecular flexibility index (Phi) is 4.57. The second-order valence-electron chi connectivity index (χ2n) is 5.17. The van der Waals surface area contributed by atoms with Crippen LogP contribution in [0, 0.1) is 0 Å². The predicted octanol–water partition coefficient (Wildman–Crippen LogP) is 5.47. The Bertz CT molecular complexity index is 861. The van der Waals surface area contributed by atoms with Gasteiger partial charge in [-0.1, -0.05) is 35.5 Å². The lowest BCUT2D eigenvalue weighted by Gasteiger charge is -2.11. The van der Waals surface area contributed by atoms with Crippen LogP contribution in [0.1, 0.15) is 13.3 Å². The first-order valence-corrected chi connectivity index (χ1v) is 8.17. The van der Waals surface area contributed by atoms with Crippen LogP contribution in [0.15, 0.2) is 65.5 Å². The number of benzene rings is 2. The molecule has 3 aromatic rings. The van der Waals surface area contributed by atoms with Gasteiger partial charge in [0.2, 0.25) is 0 Å². The van der Waals surface area contributed by atoms with Gasteiger partial charge < -0.3 is 10.6 Å². The van der Waals surface area contributed by atoms with Crippen molar-refractivity contribution in [3.8, 4) is 0 Å². The van der Waals surface area contributed by atoms with Crippen LogP contribution in [-0.4, -0.2) is 9.97 Å². The molecule has 4 nitrogen and oxygen atoms in total. The van der Waals surface area contributed by atoms with Crippen LogP contribution in [0.3, 0.4) is 0 Å². The van der Waals surface area contributed by atoms with Crippen molar-refractivity contribution in [3.63, 3.8) is 0 Å². The minimum atomic E-state index is 0.777. The molecule has 5 heteroatoms. The Balaban J connectivity index is 1.99. The maximum atomic E-state index is 4.38. The molecule has 0 fully saturated rings. The zero-order valence-corrected chi connectivity index (χ0v) is 14.4. The quantitative estimate of drug-likeness (QED) is 0.626. The number of aromatic nitrogens is 2. The Morgan fingerprint density at radius 2 is 2.00 bits per heavy atom. The predicted molar refractivity (Wildman–Crippen MR) is 100 cm³/mol. The summed E-state index contributed by atoms with van der Waals surface area (Å²) in [6, 6.07) is 14.0. The van der Waals surface area contributed by atoms with Crippen LogP contribution < -0.4 is 10.6 Å². The van der Waals surface area contributed by atoms with E-state index in [2.05, 4.69) is 50.0 Å². The first-order valence-electron chi connectivity index (χ1n) is 7.38. The number of halogens is 1. The second kappa shape index (κ2) is 6.79. The standard InChI is InChI=1S/C18H17BrN4/c1-3-12(2)22-15-7-8-17-16(10-15)18(21-11-20-17)23-14-6-4-5-13(19)9-14/h4-11,22H,2-3H2,1H3,(H,20,21,23). The van der Waals surface area contributed by atoms with Crippen molar-refractivity contribution >= 4 is 44.0 Å². The second-order valence-corrected chi connectivity index (χ2v) is 6.09. The lowest BCUT2D eigenvalue weighted by atomic mass is 10.2. The molecule has 0 aliphatic carbocycles. The molecule has 0 unspecified atom stereocenters. The number of nitrogens with one attached hydrogen (secondary N) is 2. The van der Waals surface area contributed by atoms with E-state index in [0.717, 1.165) is 44.7 Å². The van der Waals surface area contributed by atoms with Gasteiger partial charge >= 0.3 is 0 Å². The van der Waals surface area contributed by atoms with Gasteiger partial charge in [0.15, 0.2) is 0 Å². The van der Waals surface area contributed by atoms with Gasteiger partial charge in [0.1, 0.15) is 12.1 Å². The summed E-state index contributed by atoms with van der Waals surface area (Å²) in [5.74, 6) is 0.777. The lowest BCUT2D eigenvalue weighted by molar-refractivity contribution is 1.11. The number of hydrogen-bond donors (Lipinski definition) is 2. The molecule has 0 aliphatic rings. The van der Waals surface area contributed by atoms with Crippen LogP contribution in [0.2, 0.25) is 0 Å². The largest absolute Gasteiger partial charge is 0.359 e. The van der Waals surface area contributed by atoms with E-state index >= 15 is 0 Å². The highest BCUT2D eigenvalue weighted by molar-refractivity contribution is 9.10. The van der Waals surface area contributed by atoms with Crippen LogP contribution in [0.5, 0.6) is 0 Å². The number of allylic oxidation sites excluding steroid dienone is 1. The summed E-state index contributed by atoms with van der Waals surface area (Å²) in [7, 11) is 0. The Morgan fingerprint density at radius 1 is 1.13 bits per heavy atom. The van der Waals surface area contributed by atoms with Crippen LogP contribution in [-0.2, 0) is 0 Å². The minimum absolute atomic E-state index is 0.777. The molecule has 0 bridgehead atoms. The van der Waals surface area contributed by atoms with Crippen molar-refractivity contribution < 1.29 is 0 Å². The molecular weight excluding hydrogens is 352 g/mol. The summed E-state index contributed by atoms with van der Waals surface area (Å²) >= 11 is 3.48. The van der Waals surface area contributed by atoms with Gasteiger partial charge in [0.25, 0.3) is 0 Å². The van der Waals surface area contributed by atoms with E-state index in [0.29, 0.717) is 0 Å². The third-order valence-corrected chi connectivity index (χ3v) is 3.96. The van der Waals surface area contributed by atoms with Gasteiger partial charge in [-0.15, -0.1) is 0 Å². The summed E-state index contributed by atoms with van der Waals surface area (Å²) in [6.45, 7) is 6.05. The molecule has 2 N–H and O–H groups in total. The number of fused-ring (bicyclic) bond motifs is 1. The third kappa shape index (κ3) is 3.68. The molecule has 0 atom stereocenters. The molecule has 0 amide bonds. The van der Waals surface area contributed by atoms with E-state index in [-0.39, 0.29) is 0 Å². The molecule has 0 saturated heterocycles. The third-order valence-electron chi connectivity index (χ3n) is 3.47. The van der Waals surface area contributed by atoms with Gasteiger partial charge in [0.05, 0.1) is 5.52 Å².